The molecule has 1 saturated heterocycles. The molecule has 1 aliphatic heterocycles. The monoisotopic (exact) mass is 268 g/mol. The van der Waals surface area contributed by atoms with Crippen LogP contribution in [0.25, 0.3) is 0 Å². The third kappa shape index (κ3) is 2.54. The Bertz CT molecular complexity index is 391. The van der Waals surface area contributed by atoms with Gasteiger partial charge in [-0.15, -0.1) is 0 Å². The highest BCUT2D eigenvalue weighted by atomic mass is 32.1. The van der Waals surface area contributed by atoms with E-state index in [4.69, 9.17) is 4.98 Å². The molecular formula is C14H24N2OS. The summed E-state index contributed by atoms with van der Waals surface area (Å²) in [5.74, 6) is 0.444. The van der Waals surface area contributed by atoms with Crippen LogP contribution in [0.4, 0.5) is 5.13 Å². The zero-order chi connectivity index (χ0) is 13.1. The lowest BCUT2D eigenvalue weighted by Crippen LogP contribution is -2.28. The second-order valence-electron chi connectivity index (χ2n) is 5.17. The average Bonchev–Trinajstić information content (AvgIpc) is 3.02. The summed E-state index contributed by atoms with van der Waals surface area (Å²) in [6.45, 7) is 7.87. The van der Waals surface area contributed by atoms with Crippen LogP contribution in [0.2, 0.25) is 0 Å². The molecule has 1 aliphatic rings. The van der Waals surface area contributed by atoms with Gasteiger partial charge in [0, 0.05) is 12.6 Å². The first-order chi connectivity index (χ1) is 8.71. The maximum absolute atomic E-state index is 9.49. The normalized spacial score (nSPS) is 21.6. The van der Waals surface area contributed by atoms with E-state index < -0.39 is 0 Å². The van der Waals surface area contributed by atoms with Gasteiger partial charge >= 0.3 is 0 Å². The first-order valence-corrected chi connectivity index (χ1v) is 7.89. The van der Waals surface area contributed by atoms with Crippen molar-refractivity contribution in [2.24, 2.45) is 0 Å². The van der Waals surface area contributed by atoms with Crippen LogP contribution in [0.5, 0.6) is 0 Å². The lowest BCUT2D eigenvalue weighted by molar-refractivity contribution is 0.283. The highest BCUT2D eigenvalue weighted by molar-refractivity contribution is 7.15. The predicted molar refractivity (Wildman–Crippen MR) is 77.4 cm³/mol. The largest absolute Gasteiger partial charge is 0.391 e. The Kier molecular flexibility index (Phi) is 4.62. The third-order valence-electron chi connectivity index (χ3n) is 4.03. The third-order valence-corrected chi connectivity index (χ3v) is 5.13. The topological polar surface area (TPSA) is 36.4 Å². The van der Waals surface area contributed by atoms with Crippen LogP contribution >= 0.6 is 11.3 Å². The van der Waals surface area contributed by atoms with Crippen LogP contribution in [0.1, 0.15) is 62.9 Å². The summed E-state index contributed by atoms with van der Waals surface area (Å²) < 4.78 is 0. The Morgan fingerprint density at radius 2 is 2.28 bits per heavy atom. The smallest absolute Gasteiger partial charge is 0.186 e. The predicted octanol–water partition coefficient (Wildman–Crippen LogP) is 3.53. The molecule has 0 aliphatic carbocycles. The van der Waals surface area contributed by atoms with Gasteiger partial charge in [-0.05, 0) is 31.6 Å². The summed E-state index contributed by atoms with van der Waals surface area (Å²) >= 11 is 1.68. The molecule has 2 heterocycles. The Balaban J connectivity index is 2.26. The van der Waals surface area contributed by atoms with Crippen molar-refractivity contribution in [2.45, 2.75) is 65.0 Å². The maximum atomic E-state index is 9.49. The summed E-state index contributed by atoms with van der Waals surface area (Å²) in [5, 5.41) is 10.6. The molecule has 2 atom stereocenters. The molecule has 1 aromatic heterocycles. The highest BCUT2D eigenvalue weighted by Crippen LogP contribution is 2.35. The fourth-order valence-electron chi connectivity index (χ4n) is 2.68. The number of hydrogen-bond acceptors (Lipinski definition) is 4. The first-order valence-electron chi connectivity index (χ1n) is 7.08. The van der Waals surface area contributed by atoms with Gasteiger partial charge in [0.15, 0.2) is 5.13 Å². The number of nitrogens with zero attached hydrogens (tertiary/aromatic N) is 2. The molecule has 0 radical (unpaired) electrons. The van der Waals surface area contributed by atoms with Crippen molar-refractivity contribution in [3.63, 3.8) is 0 Å². The van der Waals surface area contributed by atoms with Crippen molar-refractivity contribution >= 4 is 16.5 Å². The number of aromatic nitrogens is 1. The van der Waals surface area contributed by atoms with Gasteiger partial charge in [0.1, 0.15) is 0 Å². The van der Waals surface area contributed by atoms with E-state index in [2.05, 4.69) is 25.7 Å². The number of aliphatic hydroxyl groups is 1. The number of rotatable bonds is 5. The summed E-state index contributed by atoms with van der Waals surface area (Å²) in [7, 11) is 0. The second-order valence-corrected chi connectivity index (χ2v) is 6.23. The highest BCUT2D eigenvalue weighted by Gasteiger charge is 2.27. The molecule has 1 N–H and O–H groups in total. The molecule has 102 valence electrons. The van der Waals surface area contributed by atoms with Crippen LogP contribution in [0.3, 0.4) is 0 Å². The molecular weight excluding hydrogens is 244 g/mol. The maximum Gasteiger partial charge on any atom is 0.186 e. The van der Waals surface area contributed by atoms with Crippen molar-refractivity contribution in [1.82, 2.24) is 4.98 Å². The SMILES string of the molecule is CCC(C)c1nc(N2CCCC2CC)sc1CO. The Hall–Kier alpha value is -0.610. The van der Waals surface area contributed by atoms with Gasteiger partial charge in [-0.1, -0.05) is 32.1 Å². The van der Waals surface area contributed by atoms with Gasteiger partial charge in [0.05, 0.1) is 17.2 Å². The molecule has 2 rings (SSSR count). The zero-order valence-corrected chi connectivity index (χ0v) is 12.5. The van der Waals surface area contributed by atoms with Gasteiger partial charge in [-0.25, -0.2) is 4.98 Å². The van der Waals surface area contributed by atoms with Gasteiger partial charge in [-0.2, -0.15) is 0 Å². The van der Waals surface area contributed by atoms with Gasteiger partial charge in [0.2, 0.25) is 0 Å². The number of thiazole rings is 1. The number of aliphatic hydroxyl groups excluding tert-OH is 1. The number of anilines is 1. The quantitative estimate of drug-likeness (QED) is 0.887. The van der Waals surface area contributed by atoms with Crippen molar-refractivity contribution in [3.8, 4) is 0 Å². The van der Waals surface area contributed by atoms with Crippen LogP contribution < -0.4 is 4.90 Å². The molecule has 3 nitrogen and oxygen atoms in total. The summed E-state index contributed by atoms with van der Waals surface area (Å²) in [5.41, 5.74) is 1.11. The second kappa shape index (κ2) is 6.02. The minimum absolute atomic E-state index is 0.127. The van der Waals surface area contributed by atoms with Crippen molar-refractivity contribution in [1.29, 1.82) is 0 Å². The van der Waals surface area contributed by atoms with Crippen molar-refractivity contribution in [2.75, 3.05) is 11.4 Å². The van der Waals surface area contributed by atoms with Crippen LogP contribution in [-0.2, 0) is 6.61 Å². The fraction of sp³-hybridized carbons (Fsp3) is 0.786. The molecule has 2 unspecified atom stereocenters. The summed E-state index contributed by atoms with van der Waals surface area (Å²) in [4.78, 5) is 8.31. The lowest BCUT2D eigenvalue weighted by Gasteiger charge is -2.22. The van der Waals surface area contributed by atoms with E-state index in [9.17, 15) is 5.11 Å². The molecule has 4 heteroatoms. The van der Waals surface area contributed by atoms with Gasteiger partial charge in [0.25, 0.3) is 0 Å². The minimum atomic E-state index is 0.127. The number of hydrogen-bond donors (Lipinski definition) is 1. The van der Waals surface area contributed by atoms with Crippen LogP contribution in [0.15, 0.2) is 0 Å². The molecule has 0 saturated carbocycles. The fourth-order valence-corrected chi connectivity index (χ4v) is 3.82. The van der Waals surface area contributed by atoms with E-state index in [1.807, 2.05) is 0 Å². The molecule has 0 bridgehead atoms. The lowest BCUT2D eigenvalue weighted by atomic mass is 10.0. The molecule has 0 aromatic carbocycles. The Morgan fingerprint density at radius 1 is 1.50 bits per heavy atom. The van der Waals surface area contributed by atoms with Crippen molar-refractivity contribution < 1.29 is 5.11 Å². The van der Waals surface area contributed by atoms with Crippen molar-refractivity contribution in [3.05, 3.63) is 10.6 Å². The standard InChI is InChI=1S/C14H24N2OS/c1-4-10(3)13-12(9-17)18-14(15-13)16-8-6-7-11(16)5-2/h10-11,17H,4-9H2,1-3H3. The molecule has 0 amide bonds. The van der Waals surface area contributed by atoms with E-state index in [0.717, 1.165) is 28.7 Å². The van der Waals surface area contributed by atoms with E-state index >= 15 is 0 Å². The zero-order valence-electron chi connectivity index (χ0n) is 11.6. The minimum Gasteiger partial charge on any atom is -0.391 e. The average molecular weight is 268 g/mol. The van der Waals surface area contributed by atoms with Crippen LogP contribution in [-0.4, -0.2) is 22.7 Å². The molecule has 18 heavy (non-hydrogen) atoms. The first kappa shape index (κ1) is 13.8. The molecule has 1 aromatic rings. The Morgan fingerprint density at radius 3 is 2.89 bits per heavy atom. The van der Waals surface area contributed by atoms with Crippen LogP contribution in [0, 0.1) is 0 Å². The van der Waals surface area contributed by atoms with Gasteiger partial charge in [-0.3, -0.25) is 0 Å². The molecule has 1 fully saturated rings. The van der Waals surface area contributed by atoms with E-state index in [-0.39, 0.29) is 6.61 Å². The van der Waals surface area contributed by atoms with E-state index in [1.165, 1.54) is 19.3 Å². The van der Waals surface area contributed by atoms with E-state index in [1.54, 1.807) is 11.3 Å². The summed E-state index contributed by atoms with van der Waals surface area (Å²) in [6.07, 6.45) is 4.81. The van der Waals surface area contributed by atoms with E-state index in [0.29, 0.717) is 12.0 Å². The molecule has 0 spiro atoms. The Labute approximate surface area is 114 Å². The summed E-state index contributed by atoms with van der Waals surface area (Å²) in [6, 6.07) is 0.646. The van der Waals surface area contributed by atoms with Gasteiger partial charge < -0.3 is 10.0 Å².